The molecule has 0 saturated heterocycles. The van der Waals surface area contributed by atoms with Gasteiger partial charge in [0.1, 0.15) is 10.6 Å². The summed E-state index contributed by atoms with van der Waals surface area (Å²) in [4.78, 5) is 0.986. The number of methoxy groups -OCH3 is 1. The molecule has 1 atom stereocenters. The minimum absolute atomic E-state index is 0.0448. The van der Waals surface area contributed by atoms with Crippen molar-refractivity contribution in [1.82, 2.24) is 4.72 Å². The molecule has 1 unspecified atom stereocenters. The van der Waals surface area contributed by atoms with Crippen LogP contribution in [0.1, 0.15) is 17.8 Å². The number of thiophene rings is 1. The highest BCUT2D eigenvalue weighted by atomic mass is 32.2. The van der Waals surface area contributed by atoms with E-state index in [0.29, 0.717) is 5.69 Å². The lowest BCUT2D eigenvalue weighted by Gasteiger charge is -2.15. The summed E-state index contributed by atoms with van der Waals surface area (Å²) >= 11 is 1.50. The van der Waals surface area contributed by atoms with Crippen molar-refractivity contribution in [2.45, 2.75) is 17.9 Å². The van der Waals surface area contributed by atoms with Crippen LogP contribution in [0, 0.1) is 0 Å². The predicted octanol–water partition coefficient (Wildman–Crippen LogP) is 2.38. The van der Waals surface area contributed by atoms with Gasteiger partial charge in [-0.15, -0.1) is 11.3 Å². The van der Waals surface area contributed by atoms with E-state index in [0.717, 1.165) is 4.88 Å². The molecule has 0 radical (unpaired) electrons. The van der Waals surface area contributed by atoms with Crippen molar-refractivity contribution < 1.29 is 13.2 Å². The van der Waals surface area contributed by atoms with E-state index in [1.807, 2.05) is 17.5 Å². The summed E-state index contributed by atoms with van der Waals surface area (Å²) in [5.41, 5.74) is 6.03. The minimum Gasteiger partial charge on any atom is -0.495 e. The zero-order valence-electron chi connectivity index (χ0n) is 11.2. The van der Waals surface area contributed by atoms with Gasteiger partial charge in [0.05, 0.1) is 13.2 Å². The minimum atomic E-state index is -3.70. The number of hydrogen-bond acceptors (Lipinski definition) is 5. The molecule has 0 aliphatic heterocycles. The summed E-state index contributed by atoms with van der Waals surface area (Å²) in [5.74, 6) is 0.269. The highest BCUT2D eigenvalue weighted by Gasteiger charge is 2.23. The summed E-state index contributed by atoms with van der Waals surface area (Å²) in [5, 5.41) is 1.90. The highest BCUT2D eigenvalue weighted by Crippen LogP contribution is 2.28. The van der Waals surface area contributed by atoms with E-state index in [4.69, 9.17) is 10.5 Å². The van der Waals surface area contributed by atoms with E-state index in [1.54, 1.807) is 19.1 Å². The molecule has 3 N–H and O–H groups in total. The first-order chi connectivity index (χ1) is 9.44. The SMILES string of the molecule is COc1ccc(N)cc1S(=O)(=O)NC(C)c1cccs1. The predicted molar refractivity (Wildman–Crippen MR) is 80.5 cm³/mol. The molecular weight excluding hydrogens is 296 g/mol. The number of nitrogens with two attached hydrogens (primary N) is 1. The number of sulfonamides is 1. The Morgan fingerprint density at radius 2 is 2.10 bits per heavy atom. The molecular formula is C13H16N2O3S2. The molecule has 0 saturated carbocycles. The second kappa shape index (κ2) is 5.82. The average molecular weight is 312 g/mol. The van der Waals surface area contributed by atoms with Crippen molar-refractivity contribution in [1.29, 1.82) is 0 Å². The molecule has 0 aliphatic carbocycles. The van der Waals surface area contributed by atoms with E-state index in [2.05, 4.69) is 4.72 Å². The van der Waals surface area contributed by atoms with Crippen LogP contribution in [0.15, 0.2) is 40.6 Å². The van der Waals surface area contributed by atoms with E-state index in [1.165, 1.54) is 24.5 Å². The molecule has 5 nitrogen and oxygen atoms in total. The van der Waals surface area contributed by atoms with E-state index in [9.17, 15) is 8.42 Å². The summed E-state index contributed by atoms with van der Waals surface area (Å²) < 4.78 is 32.6. The van der Waals surface area contributed by atoms with Gasteiger partial charge >= 0.3 is 0 Å². The lowest BCUT2D eigenvalue weighted by atomic mass is 10.3. The summed E-state index contributed by atoms with van der Waals surface area (Å²) in [7, 11) is -2.28. The van der Waals surface area contributed by atoms with Gasteiger partial charge in [-0.2, -0.15) is 0 Å². The third kappa shape index (κ3) is 3.12. The molecule has 20 heavy (non-hydrogen) atoms. The van der Waals surface area contributed by atoms with Crippen molar-refractivity contribution in [2.75, 3.05) is 12.8 Å². The van der Waals surface area contributed by atoms with Crippen molar-refractivity contribution >= 4 is 27.0 Å². The van der Waals surface area contributed by atoms with Gasteiger partial charge < -0.3 is 10.5 Å². The first-order valence-electron chi connectivity index (χ1n) is 5.93. The van der Waals surface area contributed by atoms with Crippen LogP contribution in [0.3, 0.4) is 0 Å². The van der Waals surface area contributed by atoms with Gasteiger partial charge in [0.25, 0.3) is 0 Å². The molecule has 0 aliphatic rings. The molecule has 2 rings (SSSR count). The third-order valence-corrected chi connectivity index (χ3v) is 5.40. The van der Waals surface area contributed by atoms with Gasteiger partial charge in [-0.3, -0.25) is 0 Å². The molecule has 108 valence electrons. The maximum absolute atomic E-state index is 12.4. The molecule has 0 amide bonds. The van der Waals surface area contributed by atoms with Gasteiger partial charge in [0.15, 0.2) is 0 Å². The monoisotopic (exact) mass is 312 g/mol. The Morgan fingerprint density at radius 3 is 2.70 bits per heavy atom. The lowest BCUT2D eigenvalue weighted by Crippen LogP contribution is -2.26. The molecule has 1 aromatic heterocycles. The van der Waals surface area contributed by atoms with E-state index >= 15 is 0 Å². The molecule has 2 aromatic rings. The molecule has 0 fully saturated rings. The Balaban J connectivity index is 2.33. The fourth-order valence-electron chi connectivity index (χ4n) is 1.80. The van der Waals surface area contributed by atoms with Crippen LogP contribution in [0.5, 0.6) is 5.75 Å². The number of ether oxygens (including phenoxy) is 1. The standard InChI is InChI=1S/C13H16N2O3S2/c1-9(12-4-3-7-19-12)15-20(16,17)13-8-10(14)5-6-11(13)18-2/h3-9,15H,14H2,1-2H3. The Kier molecular flexibility index (Phi) is 4.32. The van der Waals surface area contributed by atoms with Gasteiger partial charge in [-0.05, 0) is 36.6 Å². The Labute approximate surface area is 122 Å². The zero-order chi connectivity index (χ0) is 14.8. The van der Waals surface area contributed by atoms with Crippen LogP contribution in [0.25, 0.3) is 0 Å². The molecule has 1 aromatic carbocycles. The highest BCUT2D eigenvalue weighted by molar-refractivity contribution is 7.89. The Morgan fingerprint density at radius 1 is 1.35 bits per heavy atom. The van der Waals surface area contributed by atoms with Crippen molar-refractivity contribution in [3.05, 3.63) is 40.6 Å². The fraction of sp³-hybridized carbons (Fsp3) is 0.231. The zero-order valence-corrected chi connectivity index (χ0v) is 12.8. The van der Waals surface area contributed by atoms with Gasteiger partial charge in [-0.1, -0.05) is 6.07 Å². The van der Waals surface area contributed by atoms with Crippen LogP contribution in [0.2, 0.25) is 0 Å². The Bertz CT molecular complexity index is 682. The number of nitrogen functional groups attached to an aromatic ring is 1. The molecule has 7 heteroatoms. The Hall–Kier alpha value is -1.57. The van der Waals surface area contributed by atoms with Gasteiger partial charge in [0, 0.05) is 10.6 Å². The largest absolute Gasteiger partial charge is 0.495 e. The second-order valence-electron chi connectivity index (χ2n) is 4.27. The maximum Gasteiger partial charge on any atom is 0.244 e. The molecule has 1 heterocycles. The smallest absolute Gasteiger partial charge is 0.244 e. The van der Waals surface area contributed by atoms with Crippen molar-refractivity contribution in [3.63, 3.8) is 0 Å². The van der Waals surface area contributed by atoms with Crippen LogP contribution in [-0.2, 0) is 10.0 Å². The fourth-order valence-corrected chi connectivity index (χ4v) is 4.03. The van der Waals surface area contributed by atoms with Crippen molar-refractivity contribution in [2.24, 2.45) is 0 Å². The topological polar surface area (TPSA) is 81.4 Å². The van der Waals surface area contributed by atoms with Crippen LogP contribution >= 0.6 is 11.3 Å². The second-order valence-corrected chi connectivity index (χ2v) is 6.93. The van der Waals surface area contributed by atoms with Crippen LogP contribution in [-0.4, -0.2) is 15.5 Å². The average Bonchev–Trinajstić information content (AvgIpc) is 2.92. The first-order valence-corrected chi connectivity index (χ1v) is 8.29. The lowest BCUT2D eigenvalue weighted by molar-refractivity contribution is 0.402. The summed E-state index contributed by atoms with van der Waals surface area (Å²) in [6, 6.07) is 7.98. The molecule has 0 bridgehead atoms. The maximum atomic E-state index is 12.4. The normalized spacial score (nSPS) is 13.1. The summed E-state index contributed by atoms with van der Waals surface area (Å²) in [6.45, 7) is 1.79. The third-order valence-electron chi connectivity index (χ3n) is 2.78. The number of anilines is 1. The summed E-state index contributed by atoms with van der Waals surface area (Å²) in [6.07, 6.45) is 0. The van der Waals surface area contributed by atoms with E-state index in [-0.39, 0.29) is 16.7 Å². The number of hydrogen-bond donors (Lipinski definition) is 2. The van der Waals surface area contributed by atoms with Gasteiger partial charge in [-0.25, -0.2) is 13.1 Å². The van der Waals surface area contributed by atoms with E-state index < -0.39 is 10.0 Å². The van der Waals surface area contributed by atoms with Crippen molar-refractivity contribution in [3.8, 4) is 5.75 Å². The first kappa shape index (κ1) is 14.8. The van der Waals surface area contributed by atoms with Crippen LogP contribution < -0.4 is 15.2 Å². The van der Waals surface area contributed by atoms with Gasteiger partial charge in [0.2, 0.25) is 10.0 Å². The number of rotatable bonds is 5. The quantitative estimate of drug-likeness (QED) is 0.831. The number of benzene rings is 1. The van der Waals surface area contributed by atoms with Crippen LogP contribution in [0.4, 0.5) is 5.69 Å². The molecule has 0 spiro atoms. The number of nitrogens with one attached hydrogen (secondary N) is 1.